The molecule has 0 aliphatic rings. The molecule has 0 amide bonds. The van der Waals surface area contributed by atoms with Gasteiger partial charge in [-0.1, -0.05) is 13.8 Å². The molecule has 21 heavy (non-hydrogen) atoms. The summed E-state index contributed by atoms with van der Waals surface area (Å²) < 4.78 is 0. The van der Waals surface area contributed by atoms with Crippen LogP contribution in [0.2, 0.25) is 0 Å². The van der Waals surface area contributed by atoms with Crippen LogP contribution < -0.4 is 0 Å². The van der Waals surface area contributed by atoms with Gasteiger partial charge in [0.25, 0.3) is 0 Å². The monoisotopic (exact) mass is 528 g/mol. The van der Waals surface area contributed by atoms with Gasteiger partial charge in [0.15, 0.2) is 0 Å². The van der Waals surface area contributed by atoms with Crippen molar-refractivity contribution in [1.29, 1.82) is 0 Å². The van der Waals surface area contributed by atoms with Gasteiger partial charge in [-0.05, 0) is 87.2 Å². The average molecular weight is 529 g/mol. The molecule has 1 rings (SSSR count). The molecule has 0 saturated carbocycles. The molecule has 0 aromatic heterocycles. The molecule has 0 bridgehead atoms. The Balaban J connectivity index is 0. The first-order chi connectivity index (χ1) is 9.69. The molecule has 1 aromatic carbocycles. The molecule has 0 fully saturated rings. The number of hydrogen-bond donors (Lipinski definition) is 1. The molecule has 1 nitrogen and oxygen atoms in total. The van der Waals surface area contributed by atoms with E-state index in [4.69, 9.17) is 4.89 Å². The van der Waals surface area contributed by atoms with E-state index in [2.05, 4.69) is 68.8 Å². The van der Waals surface area contributed by atoms with Crippen LogP contribution in [0.5, 0.6) is 0 Å². The molecule has 1 N–H and O–H groups in total. The van der Waals surface area contributed by atoms with E-state index in [9.17, 15) is 0 Å². The first-order valence-electron chi connectivity index (χ1n) is 7.01. The Morgan fingerprint density at radius 3 is 0.905 bits per heavy atom. The Hall–Kier alpha value is 1.19. The number of hydrogen-bond acceptors (Lipinski definition) is 1. The Morgan fingerprint density at radius 1 is 0.714 bits per heavy atom. The third kappa shape index (κ3) is 9.16. The fourth-order valence-corrected chi connectivity index (χ4v) is 2.36. The summed E-state index contributed by atoms with van der Waals surface area (Å²) in [7, 11) is -0.576. The summed E-state index contributed by atoms with van der Waals surface area (Å²) in [5.41, 5.74) is 8.73. The molecule has 126 valence electrons. The Bertz CT molecular complexity index is 316. The molecule has 0 unspecified atom stereocenters. The molecular weight excluding hydrogens is 500 g/mol. The fraction of sp³-hybridized carbons (Fsp3) is 0.625. The van der Waals surface area contributed by atoms with Crippen molar-refractivity contribution >= 4 is 35.4 Å². The van der Waals surface area contributed by atoms with Crippen LogP contribution in [0.1, 0.15) is 47.2 Å². The molecule has 0 heterocycles. The normalized spacial score (nSPS) is 9.90. The second-order valence-corrected chi connectivity index (χ2v) is 15.2. The van der Waals surface area contributed by atoms with E-state index in [1.165, 1.54) is 33.4 Å². The molecule has 0 radical (unpaired) electrons. The Morgan fingerprint density at radius 2 is 0.857 bits per heavy atom. The van der Waals surface area contributed by atoms with Gasteiger partial charge in [-0.15, -0.1) is 0 Å². The van der Waals surface area contributed by atoms with Crippen molar-refractivity contribution in [1.82, 2.24) is 0 Å². The standard InChI is InChI=1S/C12H18.C4H11OP.2BrH.Ru/c1-7-8(2)10(4)12(6)11(5)9(7)3;1-3-6(5)4-2;;;/h1-6H3;5H,3-4H2,1-2H3;2*1H;/q;;;;+2/p-2. The molecule has 0 spiro atoms. The maximum atomic E-state index is 8.73. The topological polar surface area (TPSA) is 20.2 Å². The predicted octanol–water partition coefficient (Wildman–Crippen LogP) is 6.64. The molecule has 0 aliphatic carbocycles. The van der Waals surface area contributed by atoms with E-state index in [1.807, 2.05) is 13.8 Å². The number of benzene rings is 1. The van der Waals surface area contributed by atoms with E-state index < -0.39 is 8.15 Å². The van der Waals surface area contributed by atoms with Gasteiger partial charge in [-0.25, -0.2) is 0 Å². The van der Waals surface area contributed by atoms with E-state index >= 15 is 0 Å². The quantitative estimate of drug-likeness (QED) is 0.337. The van der Waals surface area contributed by atoms with Crippen LogP contribution in [0.4, 0.5) is 0 Å². The molecular formula is C16H29Br2OPRu. The Labute approximate surface area is 153 Å². The van der Waals surface area contributed by atoms with Gasteiger partial charge in [0.05, 0.1) is 0 Å². The van der Waals surface area contributed by atoms with E-state index in [0.717, 1.165) is 12.3 Å². The van der Waals surface area contributed by atoms with Crippen LogP contribution >= 0.6 is 35.4 Å². The SMILES string of the molecule is CCP(O)CC.Cc1c(C)c(C)c(C)c(C)c1C.[Br][Ru][Br]. The van der Waals surface area contributed by atoms with Gasteiger partial charge < -0.3 is 4.89 Å². The molecule has 0 aliphatic heterocycles. The molecule has 0 atom stereocenters. The minimum absolute atomic E-state index is 0.335. The van der Waals surface area contributed by atoms with Crippen LogP contribution in [0.25, 0.3) is 0 Å². The second-order valence-electron chi connectivity index (χ2n) is 4.94. The summed E-state index contributed by atoms with van der Waals surface area (Å²) in [6, 6.07) is 0. The van der Waals surface area contributed by atoms with Crippen molar-refractivity contribution in [2.24, 2.45) is 0 Å². The van der Waals surface area contributed by atoms with Crippen molar-refractivity contribution in [3.05, 3.63) is 33.4 Å². The van der Waals surface area contributed by atoms with Crippen molar-refractivity contribution in [3.63, 3.8) is 0 Å². The van der Waals surface area contributed by atoms with Crippen LogP contribution in [-0.4, -0.2) is 17.2 Å². The second kappa shape index (κ2) is 13.6. The van der Waals surface area contributed by atoms with Gasteiger partial charge in [0.1, 0.15) is 0 Å². The molecule has 0 saturated heterocycles. The van der Waals surface area contributed by atoms with E-state index in [1.54, 1.807) is 0 Å². The van der Waals surface area contributed by atoms with Crippen LogP contribution in [0.15, 0.2) is 0 Å². The van der Waals surface area contributed by atoms with Crippen LogP contribution in [0, 0.1) is 41.5 Å². The third-order valence-corrected chi connectivity index (χ3v) is 5.57. The fourth-order valence-electron chi connectivity index (χ4n) is 1.91. The molecule has 5 heteroatoms. The van der Waals surface area contributed by atoms with Gasteiger partial charge >= 0.3 is 40.5 Å². The van der Waals surface area contributed by atoms with Gasteiger partial charge in [0, 0.05) is 8.15 Å². The minimum atomic E-state index is -0.576. The number of rotatable bonds is 2. The van der Waals surface area contributed by atoms with Crippen molar-refractivity contribution in [2.75, 3.05) is 12.3 Å². The van der Waals surface area contributed by atoms with Crippen LogP contribution in [0.3, 0.4) is 0 Å². The Kier molecular flexibility index (Phi) is 15.9. The number of halogens is 2. The third-order valence-electron chi connectivity index (χ3n) is 4.11. The zero-order chi connectivity index (χ0) is 17.2. The zero-order valence-corrected chi connectivity index (χ0v) is 20.2. The maximum absolute atomic E-state index is 8.73. The van der Waals surface area contributed by atoms with Crippen LogP contribution in [-0.2, 0) is 13.2 Å². The van der Waals surface area contributed by atoms with Gasteiger partial charge in [-0.3, -0.25) is 0 Å². The summed E-state index contributed by atoms with van der Waals surface area (Å²) in [5.74, 6) is 0. The predicted molar refractivity (Wildman–Crippen MR) is 103 cm³/mol. The summed E-state index contributed by atoms with van der Waals surface area (Å²) >= 11 is 6.64. The average Bonchev–Trinajstić information content (AvgIpc) is 2.49. The van der Waals surface area contributed by atoms with Crippen molar-refractivity contribution in [3.8, 4) is 0 Å². The summed E-state index contributed by atoms with van der Waals surface area (Å²) in [4.78, 5) is 8.73. The van der Waals surface area contributed by atoms with E-state index in [-0.39, 0.29) is 0 Å². The zero-order valence-electron chi connectivity index (χ0n) is 14.4. The summed E-state index contributed by atoms with van der Waals surface area (Å²) in [6.45, 7) is 17.3. The summed E-state index contributed by atoms with van der Waals surface area (Å²) in [5, 5.41) is 0. The van der Waals surface area contributed by atoms with Crippen molar-refractivity contribution < 1.29 is 18.1 Å². The van der Waals surface area contributed by atoms with Gasteiger partial charge in [0.2, 0.25) is 0 Å². The first-order valence-corrected chi connectivity index (χ1v) is 16.6. The first kappa shape index (κ1) is 24.4. The summed E-state index contributed by atoms with van der Waals surface area (Å²) in [6.07, 6.45) is 1.90. The van der Waals surface area contributed by atoms with E-state index in [0.29, 0.717) is 13.2 Å². The van der Waals surface area contributed by atoms with Crippen molar-refractivity contribution in [2.45, 2.75) is 55.4 Å². The molecule has 1 aromatic rings. The van der Waals surface area contributed by atoms with Gasteiger partial charge in [-0.2, -0.15) is 0 Å².